The Labute approximate surface area is 152 Å². The minimum atomic E-state index is -0.0759. The molecule has 134 valence electrons. The lowest BCUT2D eigenvalue weighted by Crippen LogP contribution is -2.38. The molecule has 0 aliphatic rings. The number of nitrogens with zero attached hydrogens (tertiary/aromatic N) is 2. The van der Waals surface area contributed by atoms with Crippen LogP contribution in [0.3, 0.4) is 0 Å². The van der Waals surface area contributed by atoms with E-state index in [1.165, 1.54) is 11.8 Å². The van der Waals surface area contributed by atoms with Crippen molar-refractivity contribution in [3.63, 3.8) is 0 Å². The highest BCUT2D eigenvalue weighted by molar-refractivity contribution is 7.11. The van der Waals surface area contributed by atoms with Crippen LogP contribution in [0, 0.1) is 6.92 Å². The summed E-state index contributed by atoms with van der Waals surface area (Å²) in [6.45, 7) is 7.73. The first kappa shape index (κ1) is 18.9. The summed E-state index contributed by atoms with van der Waals surface area (Å²) >= 11 is 1.72. The van der Waals surface area contributed by atoms with Crippen molar-refractivity contribution in [1.29, 1.82) is 0 Å². The number of hydrogen-bond acceptors (Lipinski definition) is 4. The highest BCUT2D eigenvalue weighted by Crippen LogP contribution is 2.12. The predicted octanol–water partition coefficient (Wildman–Crippen LogP) is 2.71. The molecule has 0 spiro atoms. The van der Waals surface area contributed by atoms with Gasteiger partial charge in [-0.05, 0) is 31.5 Å². The molecule has 25 heavy (non-hydrogen) atoms. The van der Waals surface area contributed by atoms with E-state index in [4.69, 9.17) is 0 Å². The lowest BCUT2D eigenvalue weighted by atomic mass is 10.2. The Morgan fingerprint density at radius 1 is 1.32 bits per heavy atom. The molecular formula is C18H25N5OS. The number of carbonyl (C=O) groups is 1. The second-order valence-corrected chi connectivity index (χ2v) is 6.94. The van der Waals surface area contributed by atoms with Crippen LogP contribution < -0.4 is 16.0 Å². The Hall–Kier alpha value is -2.41. The monoisotopic (exact) mass is 359 g/mol. The molecule has 0 aliphatic carbocycles. The number of nitrogens with one attached hydrogen (secondary N) is 3. The van der Waals surface area contributed by atoms with Gasteiger partial charge in [0.25, 0.3) is 0 Å². The van der Waals surface area contributed by atoms with Crippen LogP contribution in [0.2, 0.25) is 0 Å². The third kappa shape index (κ3) is 6.93. The first-order valence-electron chi connectivity index (χ1n) is 8.37. The van der Waals surface area contributed by atoms with Crippen molar-refractivity contribution in [2.24, 2.45) is 4.99 Å². The smallest absolute Gasteiger partial charge is 0.221 e. The molecular weight excluding hydrogens is 334 g/mol. The van der Waals surface area contributed by atoms with Gasteiger partial charge >= 0.3 is 0 Å². The summed E-state index contributed by atoms with van der Waals surface area (Å²) in [6, 6.07) is 7.72. The van der Waals surface area contributed by atoms with Crippen LogP contribution in [0.5, 0.6) is 0 Å². The van der Waals surface area contributed by atoms with Crippen molar-refractivity contribution in [2.45, 2.75) is 33.7 Å². The van der Waals surface area contributed by atoms with E-state index in [2.05, 4.69) is 32.9 Å². The van der Waals surface area contributed by atoms with E-state index in [0.29, 0.717) is 6.54 Å². The molecule has 0 unspecified atom stereocenters. The first-order chi connectivity index (χ1) is 12.1. The number of rotatable bonds is 7. The van der Waals surface area contributed by atoms with E-state index in [0.717, 1.165) is 41.7 Å². The minimum Gasteiger partial charge on any atom is -0.357 e. The molecule has 1 aromatic carbocycles. The van der Waals surface area contributed by atoms with Crippen LogP contribution >= 0.6 is 11.3 Å². The van der Waals surface area contributed by atoms with Gasteiger partial charge in [-0.15, -0.1) is 11.3 Å². The van der Waals surface area contributed by atoms with Crippen molar-refractivity contribution in [2.75, 3.05) is 18.4 Å². The molecule has 0 bridgehead atoms. The fourth-order valence-corrected chi connectivity index (χ4v) is 3.05. The third-order valence-electron chi connectivity index (χ3n) is 3.31. The van der Waals surface area contributed by atoms with E-state index in [1.807, 2.05) is 37.4 Å². The zero-order valence-electron chi connectivity index (χ0n) is 14.9. The first-order valence-corrected chi connectivity index (χ1v) is 9.18. The number of thiazole rings is 1. The Morgan fingerprint density at radius 3 is 2.84 bits per heavy atom. The molecule has 0 fully saturated rings. The normalized spacial score (nSPS) is 11.2. The number of guanidine groups is 1. The zero-order valence-corrected chi connectivity index (χ0v) is 15.7. The van der Waals surface area contributed by atoms with Crippen molar-refractivity contribution in [3.8, 4) is 0 Å². The lowest BCUT2D eigenvalue weighted by Gasteiger charge is -2.11. The number of amides is 1. The largest absolute Gasteiger partial charge is 0.357 e. The average molecular weight is 359 g/mol. The molecule has 0 atom stereocenters. The molecule has 2 rings (SSSR count). The minimum absolute atomic E-state index is 0.0759. The molecule has 1 amide bonds. The van der Waals surface area contributed by atoms with Crippen LogP contribution in [0.1, 0.15) is 29.3 Å². The van der Waals surface area contributed by atoms with Gasteiger partial charge in [-0.2, -0.15) is 0 Å². The summed E-state index contributed by atoms with van der Waals surface area (Å²) in [4.78, 5) is 21.4. The van der Waals surface area contributed by atoms with Crippen LogP contribution in [0.25, 0.3) is 0 Å². The van der Waals surface area contributed by atoms with Crippen molar-refractivity contribution in [1.82, 2.24) is 15.6 Å². The van der Waals surface area contributed by atoms with Crippen molar-refractivity contribution < 1.29 is 4.79 Å². The quantitative estimate of drug-likeness (QED) is 0.525. The maximum absolute atomic E-state index is 11.1. The summed E-state index contributed by atoms with van der Waals surface area (Å²) in [5, 5.41) is 10.5. The van der Waals surface area contributed by atoms with E-state index in [1.54, 1.807) is 11.3 Å². The Bertz CT molecular complexity index is 726. The van der Waals surface area contributed by atoms with Crippen molar-refractivity contribution >= 4 is 28.9 Å². The summed E-state index contributed by atoms with van der Waals surface area (Å²) < 4.78 is 0. The summed E-state index contributed by atoms with van der Waals surface area (Å²) in [7, 11) is 0. The topological polar surface area (TPSA) is 78.4 Å². The average Bonchev–Trinajstić information content (AvgIpc) is 2.98. The molecule has 1 heterocycles. The van der Waals surface area contributed by atoms with E-state index >= 15 is 0 Å². The number of hydrogen-bond donors (Lipinski definition) is 3. The second kappa shape index (κ2) is 9.78. The highest BCUT2D eigenvalue weighted by atomic mass is 32.1. The van der Waals surface area contributed by atoms with Gasteiger partial charge in [0, 0.05) is 43.2 Å². The molecule has 0 saturated carbocycles. The zero-order chi connectivity index (χ0) is 18.1. The molecule has 6 nitrogen and oxygen atoms in total. The fourth-order valence-electron chi connectivity index (χ4n) is 2.27. The maximum Gasteiger partial charge on any atom is 0.221 e. The number of benzene rings is 1. The summed E-state index contributed by atoms with van der Waals surface area (Å²) in [5.41, 5.74) is 1.83. The van der Waals surface area contributed by atoms with E-state index < -0.39 is 0 Å². The maximum atomic E-state index is 11.1. The van der Waals surface area contributed by atoms with Gasteiger partial charge in [-0.1, -0.05) is 12.1 Å². The van der Waals surface area contributed by atoms with Crippen molar-refractivity contribution in [3.05, 3.63) is 45.9 Å². The molecule has 1 aromatic heterocycles. The Balaban J connectivity index is 1.91. The van der Waals surface area contributed by atoms with Gasteiger partial charge in [-0.25, -0.2) is 9.98 Å². The van der Waals surface area contributed by atoms with Gasteiger partial charge in [-0.3, -0.25) is 4.79 Å². The predicted molar refractivity (Wildman–Crippen MR) is 104 cm³/mol. The van der Waals surface area contributed by atoms with Crippen LogP contribution in [-0.4, -0.2) is 29.9 Å². The second-order valence-electron chi connectivity index (χ2n) is 5.62. The van der Waals surface area contributed by atoms with Gasteiger partial charge in [0.1, 0.15) is 0 Å². The molecule has 3 N–H and O–H groups in total. The van der Waals surface area contributed by atoms with E-state index in [9.17, 15) is 4.79 Å². The molecule has 0 radical (unpaired) electrons. The summed E-state index contributed by atoms with van der Waals surface area (Å²) in [6.07, 6.45) is 2.78. The number of aromatic nitrogens is 1. The van der Waals surface area contributed by atoms with Gasteiger partial charge < -0.3 is 16.0 Å². The number of carbonyl (C=O) groups excluding carboxylic acids is 1. The number of anilines is 1. The van der Waals surface area contributed by atoms with Gasteiger partial charge in [0.05, 0.1) is 11.6 Å². The third-order valence-corrected chi connectivity index (χ3v) is 4.28. The number of aliphatic imine (C=N–C) groups is 1. The molecule has 0 saturated heterocycles. The number of aryl methyl sites for hydroxylation is 1. The van der Waals surface area contributed by atoms with Gasteiger partial charge in [0.15, 0.2) is 5.96 Å². The van der Waals surface area contributed by atoms with Crippen LogP contribution in [0.15, 0.2) is 35.5 Å². The molecule has 7 heteroatoms. The summed E-state index contributed by atoms with van der Waals surface area (Å²) in [5.74, 6) is 0.703. The Morgan fingerprint density at radius 2 is 2.16 bits per heavy atom. The van der Waals surface area contributed by atoms with Crippen LogP contribution in [-0.2, 0) is 17.8 Å². The SMILES string of the molecule is CCNC(=NCc1cccc(NC(C)=O)c1)NCCc1ncc(C)s1. The lowest BCUT2D eigenvalue weighted by molar-refractivity contribution is -0.114. The van der Waals surface area contributed by atoms with E-state index in [-0.39, 0.29) is 5.91 Å². The molecule has 2 aromatic rings. The standard InChI is InChI=1S/C18H25N5OS/c1-4-19-18(20-9-8-17-21-11-13(2)25-17)22-12-15-6-5-7-16(10-15)23-14(3)24/h5-7,10-11H,4,8-9,12H2,1-3H3,(H,23,24)(H2,19,20,22). The fraction of sp³-hybridized carbons (Fsp3) is 0.389. The van der Waals surface area contributed by atoms with Gasteiger partial charge in [0.2, 0.25) is 5.91 Å². The molecule has 0 aliphatic heterocycles. The highest BCUT2D eigenvalue weighted by Gasteiger charge is 2.02. The van der Waals surface area contributed by atoms with Crippen LogP contribution in [0.4, 0.5) is 5.69 Å². The Kier molecular flexibility index (Phi) is 7.40.